The first kappa shape index (κ1) is 10.2. The molecule has 2 N–H and O–H groups in total. The van der Waals surface area contributed by atoms with Gasteiger partial charge >= 0.3 is 0 Å². The van der Waals surface area contributed by atoms with E-state index in [2.05, 4.69) is 0 Å². The van der Waals surface area contributed by atoms with Crippen LogP contribution < -0.4 is 5.73 Å². The second-order valence-corrected chi connectivity index (χ2v) is 3.97. The summed E-state index contributed by atoms with van der Waals surface area (Å²) in [5, 5.41) is 0. The number of rotatable bonds is 2. The van der Waals surface area contributed by atoms with Gasteiger partial charge in [0.2, 0.25) is 5.91 Å². The van der Waals surface area contributed by atoms with Gasteiger partial charge in [0, 0.05) is 19.1 Å². The van der Waals surface area contributed by atoms with Crippen molar-refractivity contribution in [3.63, 3.8) is 0 Å². The van der Waals surface area contributed by atoms with Gasteiger partial charge in [0.25, 0.3) is 0 Å². The zero-order valence-electron chi connectivity index (χ0n) is 8.69. The van der Waals surface area contributed by atoms with E-state index in [-0.39, 0.29) is 11.9 Å². The standard InChI is InChI=1S/C11H16N2O2/c12-9-3-5-13(6-4-9)11(14)8-10-2-1-7-15-10/h1-2,7,9H,3-6,8,12H2. The van der Waals surface area contributed by atoms with Gasteiger partial charge in [-0.15, -0.1) is 0 Å². The number of piperidine rings is 1. The van der Waals surface area contributed by atoms with Crippen LogP contribution in [0.15, 0.2) is 22.8 Å². The molecule has 4 heteroatoms. The van der Waals surface area contributed by atoms with Crippen molar-refractivity contribution < 1.29 is 9.21 Å². The first-order valence-electron chi connectivity index (χ1n) is 5.31. The number of likely N-dealkylation sites (tertiary alicyclic amines) is 1. The molecule has 1 fully saturated rings. The van der Waals surface area contributed by atoms with E-state index >= 15 is 0 Å². The van der Waals surface area contributed by atoms with Gasteiger partial charge in [0.15, 0.2) is 0 Å². The summed E-state index contributed by atoms with van der Waals surface area (Å²) in [5.74, 6) is 0.867. The molecule has 2 heterocycles. The SMILES string of the molecule is NC1CCN(C(=O)Cc2ccco2)CC1. The Morgan fingerprint density at radius 1 is 1.53 bits per heavy atom. The van der Waals surface area contributed by atoms with Crippen LogP contribution in [0, 0.1) is 0 Å². The van der Waals surface area contributed by atoms with Crippen molar-refractivity contribution in [3.8, 4) is 0 Å². The Bertz CT molecular complexity index is 313. The average molecular weight is 208 g/mol. The molecule has 4 nitrogen and oxygen atoms in total. The number of carbonyl (C=O) groups is 1. The smallest absolute Gasteiger partial charge is 0.230 e. The molecular weight excluding hydrogens is 192 g/mol. The van der Waals surface area contributed by atoms with Gasteiger partial charge in [0.05, 0.1) is 12.7 Å². The maximum Gasteiger partial charge on any atom is 0.230 e. The Labute approximate surface area is 89.0 Å². The van der Waals surface area contributed by atoms with Crippen LogP contribution in [0.1, 0.15) is 18.6 Å². The lowest BCUT2D eigenvalue weighted by molar-refractivity contribution is -0.131. The van der Waals surface area contributed by atoms with Gasteiger partial charge in [-0.3, -0.25) is 4.79 Å². The van der Waals surface area contributed by atoms with Crippen LogP contribution in [0.3, 0.4) is 0 Å². The molecule has 0 aromatic carbocycles. The number of nitrogens with two attached hydrogens (primary N) is 1. The molecule has 0 radical (unpaired) electrons. The Morgan fingerprint density at radius 2 is 2.27 bits per heavy atom. The summed E-state index contributed by atoms with van der Waals surface area (Å²) in [6, 6.07) is 3.89. The van der Waals surface area contributed by atoms with Crippen molar-refractivity contribution in [2.75, 3.05) is 13.1 Å². The van der Waals surface area contributed by atoms with Crippen LogP contribution in [0.2, 0.25) is 0 Å². The zero-order valence-corrected chi connectivity index (χ0v) is 8.69. The van der Waals surface area contributed by atoms with Gasteiger partial charge in [-0.1, -0.05) is 0 Å². The van der Waals surface area contributed by atoms with E-state index in [9.17, 15) is 4.79 Å². The van der Waals surface area contributed by atoms with Crippen molar-refractivity contribution in [2.45, 2.75) is 25.3 Å². The number of hydrogen-bond donors (Lipinski definition) is 1. The Kier molecular flexibility index (Phi) is 3.06. The highest BCUT2D eigenvalue weighted by Crippen LogP contribution is 2.11. The van der Waals surface area contributed by atoms with E-state index in [0.717, 1.165) is 31.7 Å². The highest BCUT2D eigenvalue weighted by Gasteiger charge is 2.20. The molecule has 1 aromatic heterocycles. The maximum absolute atomic E-state index is 11.8. The van der Waals surface area contributed by atoms with Crippen LogP contribution in [0.4, 0.5) is 0 Å². The highest BCUT2D eigenvalue weighted by molar-refractivity contribution is 5.78. The molecule has 1 aromatic rings. The summed E-state index contributed by atoms with van der Waals surface area (Å²) in [6.45, 7) is 1.56. The summed E-state index contributed by atoms with van der Waals surface area (Å²) in [5.41, 5.74) is 5.78. The van der Waals surface area contributed by atoms with Crippen molar-refractivity contribution in [1.29, 1.82) is 0 Å². The third kappa shape index (κ3) is 2.59. The topological polar surface area (TPSA) is 59.5 Å². The largest absolute Gasteiger partial charge is 0.469 e. The monoisotopic (exact) mass is 208 g/mol. The summed E-state index contributed by atoms with van der Waals surface area (Å²) < 4.78 is 5.14. The molecule has 0 unspecified atom stereocenters. The number of furan rings is 1. The molecular formula is C11H16N2O2. The van der Waals surface area contributed by atoms with Gasteiger partial charge in [-0.05, 0) is 25.0 Å². The number of nitrogens with zero attached hydrogens (tertiary/aromatic N) is 1. The third-order valence-corrected chi connectivity index (χ3v) is 2.80. The first-order valence-corrected chi connectivity index (χ1v) is 5.31. The zero-order chi connectivity index (χ0) is 10.7. The van der Waals surface area contributed by atoms with Crippen LogP contribution in [-0.2, 0) is 11.2 Å². The van der Waals surface area contributed by atoms with Crippen molar-refractivity contribution >= 4 is 5.91 Å². The fraction of sp³-hybridized carbons (Fsp3) is 0.545. The molecule has 1 aliphatic heterocycles. The Hall–Kier alpha value is -1.29. The van der Waals surface area contributed by atoms with E-state index in [0.29, 0.717) is 6.42 Å². The average Bonchev–Trinajstić information content (AvgIpc) is 2.71. The van der Waals surface area contributed by atoms with Crippen LogP contribution in [-0.4, -0.2) is 29.9 Å². The van der Waals surface area contributed by atoms with Crippen LogP contribution in [0.5, 0.6) is 0 Å². The van der Waals surface area contributed by atoms with E-state index in [4.69, 9.17) is 10.2 Å². The fourth-order valence-electron chi connectivity index (χ4n) is 1.82. The lowest BCUT2D eigenvalue weighted by Crippen LogP contribution is -2.43. The van der Waals surface area contributed by atoms with E-state index in [1.807, 2.05) is 11.0 Å². The molecule has 0 spiro atoms. The molecule has 15 heavy (non-hydrogen) atoms. The minimum atomic E-state index is 0.136. The van der Waals surface area contributed by atoms with E-state index in [1.165, 1.54) is 0 Å². The minimum absolute atomic E-state index is 0.136. The lowest BCUT2D eigenvalue weighted by Gasteiger charge is -2.29. The molecule has 0 atom stereocenters. The molecule has 2 rings (SSSR count). The fourth-order valence-corrected chi connectivity index (χ4v) is 1.82. The lowest BCUT2D eigenvalue weighted by atomic mass is 10.1. The molecule has 1 saturated heterocycles. The molecule has 0 bridgehead atoms. The second-order valence-electron chi connectivity index (χ2n) is 3.97. The molecule has 0 aliphatic carbocycles. The van der Waals surface area contributed by atoms with Gasteiger partial charge in [-0.2, -0.15) is 0 Å². The van der Waals surface area contributed by atoms with Crippen molar-refractivity contribution in [1.82, 2.24) is 4.90 Å². The van der Waals surface area contributed by atoms with Gasteiger partial charge in [0.1, 0.15) is 5.76 Å². The molecule has 1 aliphatic rings. The molecule has 82 valence electrons. The van der Waals surface area contributed by atoms with Gasteiger partial charge < -0.3 is 15.1 Å². The summed E-state index contributed by atoms with van der Waals surface area (Å²) >= 11 is 0. The maximum atomic E-state index is 11.8. The van der Waals surface area contributed by atoms with E-state index < -0.39 is 0 Å². The summed E-state index contributed by atoms with van der Waals surface area (Å²) in [7, 11) is 0. The first-order chi connectivity index (χ1) is 7.25. The predicted molar refractivity (Wildman–Crippen MR) is 56.2 cm³/mol. The van der Waals surface area contributed by atoms with Crippen LogP contribution >= 0.6 is 0 Å². The van der Waals surface area contributed by atoms with Crippen molar-refractivity contribution in [3.05, 3.63) is 24.2 Å². The molecule has 1 amide bonds. The predicted octanol–water partition coefficient (Wildman–Crippen LogP) is 0.772. The highest BCUT2D eigenvalue weighted by atomic mass is 16.3. The quantitative estimate of drug-likeness (QED) is 0.781. The Morgan fingerprint density at radius 3 is 2.87 bits per heavy atom. The number of hydrogen-bond acceptors (Lipinski definition) is 3. The molecule has 0 saturated carbocycles. The number of amides is 1. The summed E-state index contributed by atoms with van der Waals surface area (Å²) in [4.78, 5) is 13.7. The van der Waals surface area contributed by atoms with Crippen molar-refractivity contribution in [2.24, 2.45) is 5.73 Å². The number of carbonyl (C=O) groups excluding carboxylic acids is 1. The second kappa shape index (κ2) is 4.49. The van der Waals surface area contributed by atoms with E-state index in [1.54, 1.807) is 12.3 Å². The third-order valence-electron chi connectivity index (χ3n) is 2.80. The summed E-state index contributed by atoms with van der Waals surface area (Å²) in [6.07, 6.45) is 3.77. The normalized spacial score (nSPS) is 18.1. The van der Waals surface area contributed by atoms with Crippen LogP contribution in [0.25, 0.3) is 0 Å². The van der Waals surface area contributed by atoms with Gasteiger partial charge in [-0.25, -0.2) is 0 Å². The Balaban J connectivity index is 1.86. The minimum Gasteiger partial charge on any atom is -0.469 e.